The van der Waals surface area contributed by atoms with Gasteiger partial charge in [-0.15, -0.1) is 0 Å². The Morgan fingerprint density at radius 2 is 1.86 bits per heavy atom. The van der Waals surface area contributed by atoms with E-state index in [-0.39, 0.29) is 30.4 Å². The van der Waals surface area contributed by atoms with E-state index in [0.29, 0.717) is 31.2 Å². The molecule has 1 aliphatic heterocycles. The number of nitrogens with one attached hydrogen (secondary N) is 1. The van der Waals surface area contributed by atoms with Crippen molar-refractivity contribution in [3.05, 3.63) is 0 Å². The molecule has 6 nitrogen and oxygen atoms in total. The van der Waals surface area contributed by atoms with Gasteiger partial charge in [-0.25, -0.2) is 4.79 Å². The van der Waals surface area contributed by atoms with Crippen LogP contribution in [0.1, 0.15) is 46.0 Å². The van der Waals surface area contributed by atoms with Crippen LogP contribution >= 0.6 is 0 Å². The first kappa shape index (κ1) is 16.8. The van der Waals surface area contributed by atoms with Gasteiger partial charge < -0.3 is 10.2 Å². The minimum absolute atomic E-state index is 0.0260. The smallest absolute Gasteiger partial charge is 0.326 e. The van der Waals surface area contributed by atoms with Crippen LogP contribution in [0.3, 0.4) is 0 Å². The molecular formula is C16H27N3O3. The van der Waals surface area contributed by atoms with E-state index < -0.39 is 0 Å². The highest BCUT2D eigenvalue weighted by Gasteiger charge is 2.33. The highest BCUT2D eigenvalue weighted by molar-refractivity contribution is 6.01. The van der Waals surface area contributed by atoms with Gasteiger partial charge in [0.1, 0.15) is 6.54 Å². The molecule has 1 aliphatic carbocycles. The Morgan fingerprint density at radius 3 is 2.41 bits per heavy atom. The van der Waals surface area contributed by atoms with E-state index in [2.05, 4.69) is 19.2 Å². The summed E-state index contributed by atoms with van der Waals surface area (Å²) in [5, 5.41) is 3.14. The minimum Gasteiger partial charge on any atom is -0.353 e. The van der Waals surface area contributed by atoms with Gasteiger partial charge in [0.2, 0.25) is 11.8 Å². The molecule has 1 N–H and O–H groups in total. The maximum Gasteiger partial charge on any atom is 0.326 e. The number of carbonyl (C=O) groups is 3. The molecule has 4 amide bonds. The van der Waals surface area contributed by atoms with Crippen LogP contribution in [0.2, 0.25) is 0 Å². The molecule has 2 fully saturated rings. The molecular weight excluding hydrogens is 282 g/mol. The van der Waals surface area contributed by atoms with Gasteiger partial charge in [-0.3, -0.25) is 14.5 Å². The lowest BCUT2D eigenvalue weighted by molar-refractivity contribution is -0.126. The number of nitrogens with zero attached hydrogens (tertiary/aromatic N) is 2. The molecule has 0 spiro atoms. The summed E-state index contributed by atoms with van der Waals surface area (Å²) in [6, 6.07) is -0.0117. The van der Waals surface area contributed by atoms with E-state index >= 15 is 0 Å². The van der Waals surface area contributed by atoms with Crippen molar-refractivity contribution in [1.29, 1.82) is 0 Å². The van der Waals surface area contributed by atoms with Gasteiger partial charge in [-0.05, 0) is 31.1 Å². The maximum atomic E-state index is 12.1. The molecule has 124 valence electrons. The lowest BCUT2D eigenvalue weighted by Gasteiger charge is -2.35. The molecule has 0 aromatic carbocycles. The van der Waals surface area contributed by atoms with Crippen molar-refractivity contribution in [2.75, 3.05) is 20.1 Å². The Balaban J connectivity index is 1.74. The first-order valence-corrected chi connectivity index (χ1v) is 8.25. The minimum atomic E-state index is -0.264. The van der Waals surface area contributed by atoms with E-state index in [1.54, 1.807) is 7.05 Å². The number of carbonyl (C=O) groups excluding carboxylic acids is 3. The summed E-state index contributed by atoms with van der Waals surface area (Å²) in [5.41, 5.74) is 0. The van der Waals surface area contributed by atoms with Crippen molar-refractivity contribution < 1.29 is 14.4 Å². The molecule has 2 aliphatic rings. The van der Waals surface area contributed by atoms with Crippen molar-refractivity contribution in [2.24, 2.45) is 11.8 Å². The van der Waals surface area contributed by atoms with Crippen LogP contribution in [0.25, 0.3) is 0 Å². The van der Waals surface area contributed by atoms with Crippen molar-refractivity contribution in [3.8, 4) is 0 Å². The third-order valence-electron chi connectivity index (χ3n) is 4.89. The molecule has 6 heteroatoms. The second kappa shape index (κ2) is 7.11. The zero-order valence-electron chi connectivity index (χ0n) is 13.8. The topological polar surface area (TPSA) is 69.7 Å². The van der Waals surface area contributed by atoms with E-state index in [9.17, 15) is 14.4 Å². The first-order valence-electron chi connectivity index (χ1n) is 8.25. The molecule has 0 radical (unpaired) electrons. The van der Waals surface area contributed by atoms with Crippen molar-refractivity contribution in [1.82, 2.24) is 15.1 Å². The number of amides is 4. The van der Waals surface area contributed by atoms with Crippen LogP contribution in [0.5, 0.6) is 0 Å². The van der Waals surface area contributed by atoms with E-state index in [0.717, 1.165) is 0 Å². The number of rotatable bonds is 5. The molecule has 0 aromatic heterocycles. The molecule has 2 atom stereocenters. The summed E-state index contributed by atoms with van der Waals surface area (Å²) in [5.74, 6) is 0.881. The molecule has 1 heterocycles. The maximum absolute atomic E-state index is 12.1. The normalized spacial score (nSPS) is 29.1. The third kappa shape index (κ3) is 3.78. The molecule has 1 saturated carbocycles. The predicted octanol–water partition coefficient (Wildman–Crippen LogP) is 1.60. The molecule has 1 saturated heterocycles. The Hall–Kier alpha value is -1.59. The highest BCUT2D eigenvalue weighted by Crippen LogP contribution is 2.28. The van der Waals surface area contributed by atoms with Gasteiger partial charge in [0.15, 0.2) is 0 Å². The zero-order valence-corrected chi connectivity index (χ0v) is 13.8. The summed E-state index contributed by atoms with van der Waals surface area (Å²) in [7, 11) is 1.61. The van der Waals surface area contributed by atoms with Crippen LogP contribution < -0.4 is 5.32 Å². The standard InChI is InChI=1S/C16H27N3O3/c1-11-6-4-7-12(2)15(11)17-13(20)8-5-9-19-14(21)10-18(3)16(19)22/h11-12,15H,4-10H2,1-3H3,(H,17,20). The van der Waals surface area contributed by atoms with Crippen molar-refractivity contribution in [2.45, 2.75) is 52.0 Å². The third-order valence-corrected chi connectivity index (χ3v) is 4.89. The van der Waals surface area contributed by atoms with Crippen molar-refractivity contribution in [3.63, 3.8) is 0 Å². The van der Waals surface area contributed by atoms with Crippen LogP contribution in [0.4, 0.5) is 4.79 Å². The molecule has 0 aromatic rings. The average molecular weight is 309 g/mol. The zero-order chi connectivity index (χ0) is 16.3. The van der Waals surface area contributed by atoms with Gasteiger partial charge in [0.05, 0.1) is 0 Å². The quantitative estimate of drug-likeness (QED) is 0.784. The molecule has 0 bridgehead atoms. The number of urea groups is 1. The Kier molecular flexibility index (Phi) is 5.42. The largest absolute Gasteiger partial charge is 0.353 e. The van der Waals surface area contributed by atoms with Gasteiger partial charge in [0.25, 0.3) is 0 Å². The Labute approximate surface area is 132 Å². The highest BCUT2D eigenvalue weighted by atomic mass is 16.2. The fourth-order valence-corrected chi connectivity index (χ4v) is 3.51. The van der Waals surface area contributed by atoms with Crippen LogP contribution in [-0.4, -0.2) is 53.8 Å². The predicted molar refractivity (Wildman–Crippen MR) is 83.1 cm³/mol. The van der Waals surface area contributed by atoms with Gasteiger partial charge in [-0.2, -0.15) is 0 Å². The van der Waals surface area contributed by atoms with Crippen LogP contribution in [0.15, 0.2) is 0 Å². The molecule has 2 unspecified atom stereocenters. The summed E-state index contributed by atoms with van der Waals surface area (Å²) in [6.45, 7) is 4.85. The van der Waals surface area contributed by atoms with Crippen LogP contribution in [0, 0.1) is 11.8 Å². The first-order chi connectivity index (χ1) is 10.4. The number of imide groups is 1. The second-order valence-electron chi connectivity index (χ2n) is 6.77. The van der Waals surface area contributed by atoms with Crippen molar-refractivity contribution >= 4 is 17.8 Å². The van der Waals surface area contributed by atoms with E-state index in [1.807, 2.05) is 0 Å². The van der Waals surface area contributed by atoms with Gasteiger partial charge in [0, 0.05) is 26.1 Å². The number of likely N-dealkylation sites (N-methyl/N-ethyl adjacent to an activating group) is 1. The summed E-state index contributed by atoms with van der Waals surface area (Å²) < 4.78 is 0. The Bertz CT molecular complexity index is 442. The van der Waals surface area contributed by atoms with E-state index in [1.165, 1.54) is 29.1 Å². The van der Waals surface area contributed by atoms with Gasteiger partial charge in [-0.1, -0.05) is 20.3 Å². The SMILES string of the molecule is CC1CCCC(C)C1NC(=O)CCCN1C(=O)CN(C)C1=O. The lowest BCUT2D eigenvalue weighted by atomic mass is 9.78. The summed E-state index contributed by atoms with van der Waals surface area (Å²) in [6.07, 6.45) is 4.45. The van der Waals surface area contributed by atoms with Gasteiger partial charge >= 0.3 is 6.03 Å². The number of hydrogen-bond acceptors (Lipinski definition) is 3. The number of hydrogen-bond donors (Lipinski definition) is 1. The monoisotopic (exact) mass is 309 g/mol. The lowest BCUT2D eigenvalue weighted by Crippen LogP contribution is -2.45. The summed E-state index contributed by atoms with van der Waals surface area (Å²) >= 11 is 0. The summed E-state index contributed by atoms with van der Waals surface area (Å²) in [4.78, 5) is 38.1. The molecule has 2 rings (SSSR count). The second-order valence-corrected chi connectivity index (χ2v) is 6.77. The average Bonchev–Trinajstić information content (AvgIpc) is 2.69. The fourth-order valence-electron chi connectivity index (χ4n) is 3.51. The van der Waals surface area contributed by atoms with Crippen LogP contribution in [-0.2, 0) is 9.59 Å². The fraction of sp³-hybridized carbons (Fsp3) is 0.812. The van der Waals surface area contributed by atoms with E-state index in [4.69, 9.17) is 0 Å². The Morgan fingerprint density at radius 1 is 1.23 bits per heavy atom. The molecule has 22 heavy (non-hydrogen) atoms.